The number of esters is 1. The van der Waals surface area contributed by atoms with Gasteiger partial charge in [0.2, 0.25) is 0 Å². The lowest BCUT2D eigenvalue weighted by Gasteiger charge is -2.25. The van der Waals surface area contributed by atoms with Gasteiger partial charge in [-0.3, -0.25) is 19.5 Å². The summed E-state index contributed by atoms with van der Waals surface area (Å²) in [6.07, 6.45) is 1.59. The highest BCUT2D eigenvalue weighted by Crippen LogP contribution is 2.36. The first-order chi connectivity index (χ1) is 20.2. The second kappa shape index (κ2) is 11.5. The second-order valence-electron chi connectivity index (χ2n) is 9.38. The third kappa shape index (κ3) is 5.12. The summed E-state index contributed by atoms with van der Waals surface area (Å²) in [4.78, 5) is 42.8. The summed E-state index contributed by atoms with van der Waals surface area (Å²) >= 11 is 1.15. The summed E-state index contributed by atoms with van der Waals surface area (Å²) in [6.45, 7) is 5.40. The number of hydrogen-bond acceptors (Lipinski definition) is 10. The maximum atomic E-state index is 13.9. The molecule has 0 bridgehead atoms. The van der Waals surface area contributed by atoms with Crippen LogP contribution in [0.1, 0.15) is 36.8 Å². The summed E-state index contributed by atoms with van der Waals surface area (Å²) in [6, 6.07) is 12.3. The minimum Gasteiger partial charge on any atom is -0.493 e. The molecule has 5 rings (SSSR count). The van der Waals surface area contributed by atoms with E-state index in [4.69, 9.17) is 18.6 Å². The third-order valence-electron chi connectivity index (χ3n) is 6.84. The Kier molecular flexibility index (Phi) is 7.81. The van der Waals surface area contributed by atoms with Crippen molar-refractivity contribution in [3.8, 4) is 22.8 Å². The van der Waals surface area contributed by atoms with Crippen LogP contribution in [0.5, 0.6) is 11.5 Å². The molecule has 1 atom stereocenters. The van der Waals surface area contributed by atoms with Crippen LogP contribution in [0.3, 0.4) is 0 Å². The topological polar surface area (TPSA) is 135 Å². The van der Waals surface area contributed by atoms with E-state index in [-0.39, 0.29) is 23.4 Å². The molecule has 0 saturated carbocycles. The predicted octanol–water partition coefficient (Wildman–Crippen LogP) is 4.29. The molecule has 0 radical (unpaired) electrons. The van der Waals surface area contributed by atoms with Crippen LogP contribution < -0.4 is 24.4 Å². The number of nitro groups is 1. The number of nitrogens with zero attached hydrogens (tertiary/aromatic N) is 3. The van der Waals surface area contributed by atoms with Crippen LogP contribution >= 0.6 is 11.3 Å². The number of carbonyl (C=O) groups is 1. The number of fused-ring (bicyclic) bond motifs is 1. The lowest BCUT2D eigenvalue weighted by Crippen LogP contribution is -2.39. The summed E-state index contributed by atoms with van der Waals surface area (Å²) in [5, 5.41) is 11.3. The van der Waals surface area contributed by atoms with Gasteiger partial charge in [0.15, 0.2) is 16.3 Å². The molecule has 1 aliphatic heterocycles. The molecule has 0 N–H and O–H groups in total. The number of carbonyl (C=O) groups excluding carboxylic acids is 1. The molecule has 0 saturated heterocycles. The van der Waals surface area contributed by atoms with Crippen LogP contribution in [-0.4, -0.2) is 36.3 Å². The number of nitro benzene ring substituents is 1. The monoisotopic (exact) mass is 589 g/mol. The van der Waals surface area contributed by atoms with Crippen molar-refractivity contribution < 1.29 is 28.3 Å². The molecule has 3 heterocycles. The highest BCUT2D eigenvalue weighted by Gasteiger charge is 2.34. The van der Waals surface area contributed by atoms with Gasteiger partial charge >= 0.3 is 5.97 Å². The van der Waals surface area contributed by atoms with E-state index in [1.165, 1.54) is 30.9 Å². The number of thiazole rings is 1. The van der Waals surface area contributed by atoms with Crippen LogP contribution in [0.4, 0.5) is 5.69 Å². The smallest absolute Gasteiger partial charge is 0.338 e. The number of allylic oxidation sites excluding steroid dienone is 1. The summed E-state index contributed by atoms with van der Waals surface area (Å²) in [5.74, 6) is 1.18. The average Bonchev–Trinajstić information content (AvgIpc) is 3.56. The van der Waals surface area contributed by atoms with Gasteiger partial charge in [0, 0.05) is 23.8 Å². The van der Waals surface area contributed by atoms with Gasteiger partial charge < -0.3 is 18.6 Å². The minimum absolute atomic E-state index is 0.0511. The molecule has 0 aliphatic carbocycles. The van der Waals surface area contributed by atoms with Gasteiger partial charge in [0.1, 0.15) is 11.5 Å². The molecule has 0 unspecified atom stereocenters. The fraction of sp³-hybridized carbons (Fsp3) is 0.233. The van der Waals surface area contributed by atoms with Gasteiger partial charge in [-0.2, -0.15) is 0 Å². The minimum atomic E-state index is -0.832. The van der Waals surface area contributed by atoms with E-state index < -0.39 is 16.9 Å². The third-order valence-corrected chi connectivity index (χ3v) is 7.82. The Hall–Kier alpha value is -4.97. The highest BCUT2D eigenvalue weighted by molar-refractivity contribution is 7.07. The maximum absolute atomic E-state index is 13.9. The number of benzene rings is 2. The first-order valence-corrected chi connectivity index (χ1v) is 13.7. The Bertz CT molecular complexity index is 1930. The number of methoxy groups -OCH3 is 2. The molecule has 0 spiro atoms. The molecule has 2 aromatic carbocycles. The number of non-ortho nitro benzene ring substituents is 1. The van der Waals surface area contributed by atoms with Gasteiger partial charge in [-0.25, -0.2) is 9.79 Å². The van der Waals surface area contributed by atoms with E-state index in [9.17, 15) is 19.7 Å². The number of hydrogen-bond donors (Lipinski definition) is 0. The van der Waals surface area contributed by atoms with Crippen LogP contribution in [0.25, 0.3) is 17.4 Å². The first kappa shape index (κ1) is 28.6. The molecule has 0 amide bonds. The average molecular weight is 590 g/mol. The number of ether oxygens (including phenoxy) is 3. The standard InChI is InChI=1S/C30H27N3O8S/c1-6-40-29(35)26-17(3)31-30-32(27(26)18-8-11-23(38-4)24(13-18)39-5)28(34)25(42-30)15-20-10-12-22(41-20)21-14-19(33(36)37)9-7-16(21)2/h7-15,27H,6H2,1-5H3/b25-15+/t27-/m1/s1. The normalized spacial score (nSPS) is 14.8. The molecule has 11 nitrogen and oxygen atoms in total. The SMILES string of the molecule is CCOC(=O)C1=C(C)N=c2s/c(=C/c3ccc(-c4cc([N+](=O)[O-])ccc4C)o3)c(=O)n2[C@@H]1c1ccc(OC)c(OC)c1. The molecule has 0 fully saturated rings. The first-order valence-electron chi connectivity index (χ1n) is 12.9. The summed E-state index contributed by atoms with van der Waals surface area (Å²) < 4.78 is 24.0. The Labute approximate surface area is 243 Å². The Morgan fingerprint density at radius 1 is 1.12 bits per heavy atom. The zero-order chi connectivity index (χ0) is 30.1. The van der Waals surface area contributed by atoms with Gasteiger partial charge in [-0.15, -0.1) is 0 Å². The molecule has 216 valence electrons. The van der Waals surface area contributed by atoms with Crippen molar-refractivity contribution in [1.82, 2.24) is 4.57 Å². The lowest BCUT2D eigenvalue weighted by atomic mass is 9.95. The quantitative estimate of drug-likeness (QED) is 0.169. The van der Waals surface area contributed by atoms with E-state index in [0.29, 0.717) is 49.2 Å². The Morgan fingerprint density at radius 3 is 2.57 bits per heavy atom. The van der Waals surface area contributed by atoms with E-state index >= 15 is 0 Å². The van der Waals surface area contributed by atoms with Crippen molar-refractivity contribution in [2.75, 3.05) is 20.8 Å². The van der Waals surface area contributed by atoms with Crippen LogP contribution in [0.2, 0.25) is 0 Å². The van der Waals surface area contributed by atoms with Crippen molar-refractivity contribution in [3.05, 3.63) is 106 Å². The Morgan fingerprint density at radius 2 is 1.88 bits per heavy atom. The zero-order valence-electron chi connectivity index (χ0n) is 23.5. The van der Waals surface area contributed by atoms with Gasteiger partial charge in [-0.1, -0.05) is 23.5 Å². The second-order valence-corrected chi connectivity index (χ2v) is 10.4. The van der Waals surface area contributed by atoms with E-state index in [1.807, 2.05) is 6.92 Å². The number of furan rings is 1. The molecular weight excluding hydrogens is 562 g/mol. The zero-order valence-corrected chi connectivity index (χ0v) is 24.3. The maximum Gasteiger partial charge on any atom is 0.338 e. The summed E-state index contributed by atoms with van der Waals surface area (Å²) in [7, 11) is 3.03. The van der Waals surface area contributed by atoms with Gasteiger partial charge in [-0.05, 0) is 56.2 Å². The molecule has 42 heavy (non-hydrogen) atoms. The van der Waals surface area contributed by atoms with Gasteiger partial charge in [0.25, 0.3) is 11.2 Å². The van der Waals surface area contributed by atoms with Crippen molar-refractivity contribution >= 4 is 29.1 Å². The number of aryl methyl sites for hydroxylation is 1. The van der Waals surface area contributed by atoms with Crippen LogP contribution in [0, 0.1) is 17.0 Å². The molecule has 12 heteroatoms. The molecule has 1 aliphatic rings. The van der Waals surface area contributed by atoms with Crippen LogP contribution in [-0.2, 0) is 9.53 Å². The van der Waals surface area contributed by atoms with Crippen molar-refractivity contribution in [3.63, 3.8) is 0 Å². The highest BCUT2D eigenvalue weighted by atomic mass is 32.1. The number of aromatic nitrogens is 1. The largest absolute Gasteiger partial charge is 0.493 e. The predicted molar refractivity (Wildman–Crippen MR) is 155 cm³/mol. The van der Waals surface area contributed by atoms with Gasteiger partial charge in [0.05, 0.1) is 47.6 Å². The van der Waals surface area contributed by atoms with Crippen molar-refractivity contribution in [2.24, 2.45) is 4.99 Å². The van der Waals surface area contributed by atoms with Crippen molar-refractivity contribution in [2.45, 2.75) is 26.8 Å². The fourth-order valence-corrected chi connectivity index (χ4v) is 5.85. The summed E-state index contributed by atoms with van der Waals surface area (Å²) in [5.41, 5.74) is 2.24. The van der Waals surface area contributed by atoms with Crippen molar-refractivity contribution in [1.29, 1.82) is 0 Å². The Balaban J connectivity index is 1.65. The number of rotatable bonds is 8. The fourth-order valence-electron chi connectivity index (χ4n) is 4.82. The van der Waals surface area contributed by atoms with E-state index in [2.05, 4.69) is 4.99 Å². The van der Waals surface area contributed by atoms with Crippen LogP contribution in [0.15, 0.2) is 74.0 Å². The van der Waals surface area contributed by atoms with E-state index in [0.717, 1.165) is 16.9 Å². The van der Waals surface area contributed by atoms with E-state index in [1.54, 1.807) is 56.3 Å². The molecule has 2 aromatic heterocycles. The lowest BCUT2D eigenvalue weighted by molar-refractivity contribution is -0.384. The molecular formula is C30H27N3O8S. The molecule has 4 aromatic rings.